The average molecular weight is 220 g/mol. The molecule has 0 unspecified atom stereocenters. The Morgan fingerprint density at radius 1 is 1.14 bits per heavy atom. The minimum absolute atomic E-state index is 0.625. The van der Waals surface area contributed by atoms with Gasteiger partial charge in [-0.1, -0.05) is 41.9 Å². The van der Waals surface area contributed by atoms with Crippen LogP contribution in [-0.2, 0) is 0 Å². The van der Waals surface area contributed by atoms with Crippen molar-refractivity contribution in [3.8, 4) is 0 Å². The van der Waals surface area contributed by atoms with Crippen LogP contribution in [0.2, 0.25) is 5.02 Å². The molecule has 0 aromatic heterocycles. The van der Waals surface area contributed by atoms with Crippen LogP contribution in [0.15, 0.2) is 41.4 Å². The highest BCUT2D eigenvalue weighted by Crippen LogP contribution is 2.32. The summed E-state index contributed by atoms with van der Waals surface area (Å²) in [7, 11) is 0. The standard InChI is InChI=1S/C11H6ClNS/c12-11-9-4-2-1-3-8(9)5-6-10(11)13-7-14/h1-6H. The number of benzene rings is 2. The lowest BCUT2D eigenvalue weighted by molar-refractivity contribution is 1.58. The molecule has 0 fully saturated rings. The first-order valence-corrected chi connectivity index (χ1v) is 4.86. The fourth-order valence-electron chi connectivity index (χ4n) is 1.36. The Labute approximate surface area is 92.0 Å². The van der Waals surface area contributed by atoms with E-state index in [4.69, 9.17) is 11.6 Å². The van der Waals surface area contributed by atoms with Crippen molar-refractivity contribution in [2.75, 3.05) is 0 Å². The molecule has 0 amide bonds. The van der Waals surface area contributed by atoms with Gasteiger partial charge in [0.1, 0.15) is 0 Å². The van der Waals surface area contributed by atoms with Gasteiger partial charge in [0, 0.05) is 5.39 Å². The number of hydrogen-bond acceptors (Lipinski definition) is 2. The quantitative estimate of drug-likeness (QED) is 0.517. The van der Waals surface area contributed by atoms with Crippen LogP contribution >= 0.6 is 23.8 Å². The molecule has 0 saturated heterocycles. The van der Waals surface area contributed by atoms with Gasteiger partial charge in [0.25, 0.3) is 0 Å². The highest BCUT2D eigenvalue weighted by atomic mass is 35.5. The van der Waals surface area contributed by atoms with E-state index in [0.717, 1.165) is 10.8 Å². The summed E-state index contributed by atoms with van der Waals surface area (Å²) in [5.74, 6) is 0. The summed E-state index contributed by atoms with van der Waals surface area (Å²) in [6.07, 6.45) is 0. The van der Waals surface area contributed by atoms with E-state index in [1.165, 1.54) is 0 Å². The van der Waals surface area contributed by atoms with Gasteiger partial charge in [0.2, 0.25) is 0 Å². The second kappa shape index (κ2) is 3.89. The maximum absolute atomic E-state index is 6.14. The number of aliphatic imine (C=N–C) groups is 1. The number of isothiocyanates is 1. The highest BCUT2D eigenvalue weighted by Gasteiger charge is 2.02. The van der Waals surface area contributed by atoms with Crippen molar-refractivity contribution in [3.63, 3.8) is 0 Å². The molecule has 2 aromatic rings. The maximum atomic E-state index is 6.14. The zero-order valence-electron chi connectivity index (χ0n) is 7.20. The molecule has 0 spiro atoms. The summed E-state index contributed by atoms with van der Waals surface area (Å²) in [5.41, 5.74) is 0.667. The Bertz CT molecular complexity index is 530. The van der Waals surface area contributed by atoms with Gasteiger partial charge in [-0.05, 0) is 23.7 Å². The lowest BCUT2D eigenvalue weighted by atomic mass is 10.1. The summed E-state index contributed by atoms with van der Waals surface area (Å²) < 4.78 is 0. The Hall–Kier alpha value is -1.21. The number of rotatable bonds is 1. The van der Waals surface area contributed by atoms with Crippen LogP contribution in [0.25, 0.3) is 10.8 Å². The molecule has 0 radical (unpaired) electrons. The van der Waals surface area contributed by atoms with Crippen molar-refractivity contribution in [3.05, 3.63) is 41.4 Å². The summed E-state index contributed by atoms with van der Waals surface area (Å²) in [5, 5.41) is 5.02. The first-order chi connectivity index (χ1) is 6.83. The van der Waals surface area contributed by atoms with Crippen molar-refractivity contribution < 1.29 is 0 Å². The second-order valence-electron chi connectivity index (χ2n) is 2.82. The third-order valence-corrected chi connectivity index (χ3v) is 2.50. The van der Waals surface area contributed by atoms with E-state index in [1.54, 1.807) is 0 Å². The monoisotopic (exact) mass is 219 g/mol. The lowest BCUT2D eigenvalue weighted by Gasteiger charge is -2.01. The summed E-state index contributed by atoms with van der Waals surface area (Å²) in [6.45, 7) is 0. The van der Waals surface area contributed by atoms with E-state index in [1.807, 2.05) is 36.4 Å². The van der Waals surface area contributed by atoms with Gasteiger partial charge < -0.3 is 0 Å². The van der Waals surface area contributed by atoms with Crippen molar-refractivity contribution >= 4 is 45.4 Å². The van der Waals surface area contributed by atoms with Gasteiger partial charge in [-0.3, -0.25) is 0 Å². The smallest absolute Gasteiger partial charge is 0.0932 e. The third-order valence-electron chi connectivity index (χ3n) is 2.01. The molecule has 1 nitrogen and oxygen atoms in total. The van der Waals surface area contributed by atoms with Crippen LogP contribution in [0.1, 0.15) is 0 Å². The molecular weight excluding hydrogens is 214 g/mol. The number of fused-ring (bicyclic) bond motifs is 1. The number of hydrogen-bond donors (Lipinski definition) is 0. The minimum Gasteiger partial charge on any atom is -0.193 e. The topological polar surface area (TPSA) is 12.4 Å². The number of halogens is 1. The van der Waals surface area contributed by atoms with Crippen LogP contribution in [0.5, 0.6) is 0 Å². The van der Waals surface area contributed by atoms with Crippen molar-refractivity contribution in [2.45, 2.75) is 0 Å². The van der Waals surface area contributed by atoms with E-state index in [9.17, 15) is 0 Å². The van der Waals surface area contributed by atoms with Gasteiger partial charge in [-0.2, -0.15) is 4.99 Å². The third kappa shape index (κ3) is 1.55. The normalized spacial score (nSPS) is 9.79. The van der Waals surface area contributed by atoms with Crippen LogP contribution in [0, 0.1) is 0 Å². The molecule has 0 saturated carbocycles. The SMILES string of the molecule is S=C=Nc1ccc2ccccc2c1Cl. The molecule has 0 aliphatic carbocycles. The summed E-state index contributed by atoms with van der Waals surface area (Å²) in [4.78, 5) is 3.89. The zero-order valence-corrected chi connectivity index (χ0v) is 8.77. The molecule has 68 valence electrons. The molecule has 0 bridgehead atoms. The van der Waals surface area contributed by atoms with Gasteiger partial charge in [0.15, 0.2) is 0 Å². The molecule has 3 heteroatoms. The van der Waals surface area contributed by atoms with Gasteiger partial charge in [0.05, 0.1) is 15.9 Å². The van der Waals surface area contributed by atoms with E-state index in [-0.39, 0.29) is 0 Å². The summed E-state index contributed by atoms with van der Waals surface area (Å²) >= 11 is 10.7. The molecule has 0 heterocycles. The van der Waals surface area contributed by atoms with Crippen molar-refractivity contribution in [2.24, 2.45) is 4.99 Å². The average Bonchev–Trinajstić information content (AvgIpc) is 2.23. The zero-order chi connectivity index (χ0) is 9.97. The van der Waals surface area contributed by atoms with E-state index in [2.05, 4.69) is 22.4 Å². The first-order valence-electron chi connectivity index (χ1n) is 4.08. The predicted octanol–water partition coefficient (Wildman–Crippen LogP) is 4.23. The van der Waals surface area contributed by atoms with E-state index < -0.39 is 0 Å². The Morgan fingerprint density at radius 3 is 2.71 bits per heavy atom. The molecule has 14 heavy (non-hydrogen) atoms. The molecule has 2 rings (SSSR count). The Kier molecular flexibility index (Phi) is 2.60. The molecule has 0 aliphatic heterocycles. The predicted molar refractivity (Wildman–Crippen MR) is 63.6 cm³/mol. The number of thiocarbonyl (C=S) groups is 1. The van der Waals surface area contributed by atoms with Crippen LogP contribution in [0.4, 0.5) is 5.69 Å². The molecular formula is C11H6ClNS. The molecule has 0 N–H and O–H groups in total. The highest BCUT2D eigenvalue weighted by molar-refractivity contribution is 7.78. The van der Waals surface area contributed by atoms with Crippen LogP contribution in [-0.4, -0.2) is 5.16 Å². The largest absolute Gasteiger partial charge is 0.193 e. The van der Waals surface area contributed by atoms with E-state index in [0.29, 0.717) is 10.7 Å². The van der Waals surface area contributed by atoms with Crippen LogP contribution in [0.3, 0.4) is 0 Å². The van der Waals surface area contributed by atoms with Gasteiger partial charge in [-0.25, -0.2) is 0 Å². The van der Waals surface area contributed by atoms with Gasteiger partial charge >= 0.3 is 0 Å². The van der Waals surface area contributed by atoms with Gasteiger partial charge in [-0.15, -0.1) is 0 Å². The van der Waals surface area contributed by atoms with E-state index >= 15 is 0 Å². The van der Waals surface area contributed by atoms with Crippen molar-refractivity contribution in [1.82, 2.24) is 0 Å². The van der Waals surface area contributed by atoms with Crippen molar-refractivity contribution in [1.29, 1.82) is 0 Å². The number of nitrogens with zero attached hydrogens (tertiary/aromatic N) is 1. The minimum atomic E-state index is 0.625. The Balaban J connectivity index is 2.81. The molecule has 0 atom stereocenters. The Morgan fingerprint density at radius 2 is 1.93 bits per heavy atom. The van der Waals surface area contributed by atoms with Crippen LogP contribution < -0.4 is 0 Å². The lowest BCUT2D eigenvalue weighted by Crippen LogP contribution is -1.74. The molecule has 2 aromatic carbocycles. The summed E-state index contributed by atoms with van der Waals surface area (Å²) in [6, 6.07) is 11.7. The second-order valence-corrected chi connectivity index (χ2v) is 3.38. The maximum Gasteiger partial charge on any atom is 0.0932 e. The molecule has 0 aliphatic rings. The fourth-order valence-corrected chi connectivity index (χ4v) is 1.73. The first kappa shape index (κ1) is 9.35. The fraction of sp³-hybridized carbons (Fsp3) is 0.